The number of hydrogen-bond acceptors (Lipinski definition) is 2. The molecule has 0 spiro atoms. The molecule has 1 saturated carbocycles. The summed E-state index contributed by atoms with van der Waals surface area (Å²) in [6.07, 6.45) is 5.39. The van der Waals surface area contributed by atoms with Crippen molar-refractivity contribution in [3.8, 4) is 0 Å². The largest absolute Gasteiger partial charge is 0.457 e. The molecule has 0 radical (unpaired) electrons. The monoisotopic (exact) mass is 232 g/mol. The van der Waals surface area contributed by atoms with E-state index in [0.717, 1.165) is 24.0 Å². The van der Waals surface area contributed by atoms with E-state index >= 15 is 0 Å². The van der Waals surface area contributed by atoms with Gasteiger partial charge in [-0.3, -0.25) is 0 Å². The van der Waals surface area contributed by atoms with Crippen molar-refractivity contribution < 1.29 is 9.53 Å². The Bertz CT molecular complexity index is 414. The van der Waals surface area contributed by atoms with Gasteiger partial charge in [0.15, 0.2) is 0 Å². The van der Waals surface area contributed by atoms with Crippen molar-refractivity contribution in [2.75, 3.05) is 0 Å². The van der Waals surface area contributed by atoms with Crippen molar-refractivity contribution in [1.82, 2.24) is 0 Å². The van der Waals surface area contributed by atoms with Crippen molar-refractivity contribution in [1.29, 1.82) is 0 Å². The first-order valence-corrected chi connectivity index (χ1v) is 5.78. The average Bonchev–Trinajstić information content (AvgIpc) is 2.11. The zero-order valence-electron chi connectivity index (χ0n) is 11.1. The zero-order chi connectivity index (χ0) is 13.1. The molecule has 1 aliphatic carbocycles. The second-order valence-electron chi connectivity index (χ2n) is 5.35. The third-order valence-corrected chi connectivity index (χ3v) is 2.34. The molecule has 0 unspecified atom stereocenters. The van der Waals surface area contributed by atoms with Crippen LogP contribution in [0.4, 0.5) is 0 Å². The molecule has 92 valence electrons. The van der Waals surface area contributed by atoms with Gasteiger partial charge in [0.1, 0.15) is 5.60 Å². The standard InChI is InChI=1S/C15H20O2/c1-6-11(2)7-12-8-13(9-12)10-14(16)17-15(3,4)5/h7,10H,1,8-9H2,2-5H3. The molecule has 2 heteroatoms. The number of carbonyl (C=O) groups excluding carboxylic acids is 1. The number of carbonyl (C=O) groups is 1. The van der Waals surface area contributed by atoms with Crippen LogP contribution in [0.2, 0.25) is 0 Å². The van der Waals surface area contributed by atoms with E-state index in [1.54, 1.807) is 6.08 Å². The van der Waals surface area contributed by atoms with Gasteiger partial charge in [-0.05, 0) is 46.1 Å². The van der Waals surface area contributed by atoms with Crippen LogP contribution in [0.25, 0.3) is 0 Å². The Morgan fingerprint density at radius 2 is 1.82 bits per heavy atom. The van der Waals surface area contributed by atoms with Gasteiger partial charge in [-0.15, -0.1) is 5.73 Å². The van der Waals surface area contributed by atoms with Crippen LogP contribution < -0.4 is 0 Å². The molecule has 0 bridgehead atoms. The summed E-state index contributed by atoms with van der Waals surface area (Å²) >= 11 is 0. The molecule has 0 N–H and O–H groups in total. The van der Waals surface area contributed by atoms with Gasteiger partial charge in [0.05, 0.1) is 0 Å². The normalized spacial score (nSPS) is 14.6. The van der Waals surface area contributed by atoms with E-state index in [1.807, 2.05) is 27.7 Å². The minimum Gasteiger partial charge on any atom is -0.457 e. The van der Waals surface area contributed by atoms with Crippen molar-refractivity contribution in [2.45, 2.75) is 46.1 Å². The first kappa shape index (κ1) is 13.5. The molecular formula is C15H20O2. The predicted molar refractivity (Wildman–Crippen MR) is 69.6 cm³/mol. The molecule has 2 nitrogen and oxygen atoms in total. The van der Waals surface area contributed by atoms with Crippen molar-refractivity contribution in [3.05, 3.63) is 41.2 Å². The van der Waals surface area contributed by atoms with Gasteiger partial charge in [0.2, 0.25) is 0 Å². The maximum Gasteiger partial charge on any atom is 0.331 e. The Kier molecular flexibility index (Phi) is 4.14. The molecule has 1 aliphatic rings. The van der Waals surface area contributed by atoms with Crippen molar-refractivity contribution >= 4 is 5.97 Å². The third-order valence-electron chi connectivity index (χ3n) is 2.34. The molecule has 1 fully saturated rings. The Morgan fingerprint density at radius 3 is 2.29 bits per heavy atom. The van der Waals surface area contributed by atoms with Crippen LogP contribution in [0.3, 0.4) is 0 Å². The number of allylic oxidation sites excluding steroid dienone is 4. The summed E-state index contributed by atoms with van der Waals surface area (Å²) in [7, 11) is 0. The molecule has 0 aromatic rings. The number of ether oxygens (including phenoxy) is 1. The topological polar surface area (TPSA) is 26.3 Å². The number of esters is 1. The van der Waals surface area contributed by atoms with E-state index in [1.165, 1.54) is 5.57 Å². The first-order valence-electron chi connectivity index (χ1n) is 5.78. The maximum atomic E-state index is 11.5. The van der Waals surface area contributed by atoms with E-state index < -0.39 is 5.60 Å². The molecule has 0 atom stereocenters. The van der Waals surface area contributed by atoms with Gasteiger partial charge in [0, 0.05) is 6.08 Å². The Balaban J connectivity index is 2.50. The second kappa shape index (κ2) is 5.20. The fraction of sp³-hybridized carbons (Fsp3) is 0.467. The van der Waals surface area contributed by atoms with Gasteiger partial charge in [-0.1, -0.05) is 23.8 Å². The summed E-state index contributed by atoms with van der Waals surface area (Å²) in [5.41, 5.74) is 5.89. The van der Waals surface area contributed by atoms with E-state index in [9.17, 15) is 4.79 Å². The molecule has 0 saturated heterocycles. The molecule has 0 amide bonds. The van der Waals surface area contributed by atoms with Crippen LogP contribution in [-0.4, -0.2) is 11.6 Å². The Morgan fingerprint density at radius 1 is 1.29 bits per heavy atom. The third kappa shape index (κ3) is 4.88. The van der Waals surface area contributed by atoms with Crippen molar-refractivity contribution in [2.24, 2.45) is 0 Å². The highest BCUT2D eigenvalue weighted by molar-refractivity contribution is 5.83. The zero-order valence-corrected chi connectivity index (χ0v) is 11.1. The molecule has 0 heterocycles. The van der Waals surface area contributed by atoms with Crippen LogP contribution in [0.1, 0.15) is 40.5 Å². The molecular weight excluding hydrogens is 212 g/mol. The highest BCUT2D eigenvalue weighted by Gasteiger charge is 2.19. The summed E-state index contributed by atoms with van der Waals surface area (Å²) in [5.74, 6) is -0.248. The summed E-state index contributed by atoms with van der Waals surface area (Å²) in [6, 6.07) is 0. The van der Waals surface area contributed by atoms with Crippen LogP contribution in [0, 0.1) is 0 Å². The molecule has 0 aromatic carbocycles. The quantitative estimate of drug-likeness (QED) is 0.412. The Hall–Kier alpha value is -1.53. The fourth-order valence-corrected chi connectivity index (χ4v) is 1.59. The van der Waals surface area contributed by atoms with Crippen LogP contribution >= 0.6 is 0 Å². The summed E-state index contributed by atoms with van der Waals surface area (Å²) in [5, 5.41) is 0. The lowest BCUT2D eigenvalue weighted by Gasteiger charge is -2.23. The summed E-state index contributed by atoms with van der Waals surface area (Å²) in [4.78, 5) is 11.5. The van der Waals surface area contributed by atoms with Crippen LogP contribution in [0.15, 0.2) is 41.2 Å². The lowest BCUT2D eigenvalue weighted by molar-refractivity contribution is -0.148. The average molecular weight is 232 g/mol. The van der Waals surface area contributed by atoms with Crippen molar-refractivity contribution in [3.63, 3.8) is 0 Å². The summed E-state index contributed by atoms with van der Waals surface area (Å²) < 4.78 is 5.22. The van der Waals surface area contributed by atoms with Crippen LogP contribution in [-0.2, 0) is 9.53 Å². The van der Waals surface area contributed by atoms with Crippen LogP contribution in [0.5, 0.6) is 0 Å². The van der Waals surface area contributed by atoms with Gasteiger partial charge in [-0.25, -0.2) is 4.79 Å². The summed E-state index contributed by atoms with van der Waals surface area (Å²) in [6.45, 7) is 11.2. The van der Waals surface area contributed by atoms with Gasteiger partial charge < -0.3 is 4.74 Å². The highest BCUT2D eigenvalue weighted by Crippen LogP contribution is 2.33. The number of rotatable bonds is 2. The van der Waals surface area contributed by atoms with E-state index in [-0.39, 0.29) is 5.97 Å². The second-order valence-corrected chi connectivity index (χ2v) is 5.35. The van der Waals surface area contributed by atoms with Gasteiger partial charge in [-0.2, -0.15) is 0 Å². The minimum absolute atomic E-state index is 0.248. The number of hydrogen-bond donors (Lipinski definition) is 0. The fourth-order valence-electron chi connectivity index (χ4n) is 1.59. The molecule has 0 aliphatic heterocycles. The molecule has 0 aromatic heterocycles. The van der Waals surface area contributed by atoms with E-state index in [0.29, 0.717) is 0 Å². The smallest absolute Gasteiger partial charge is 0.331 e. The first-order chi connectivity index (χ1) is 7.80. The van der Waals surface area contributed by atoms with Gasteiger partial charge >= 0.3 is 5.97 Å². The molecule has 1 rings (SSSR count). The Labute approximate surface area is 103 Å². The highest BCUT2D eigenvalue weighted by atomic mass is 16.6. The molecule has 17 heavy (non-hydrogen) atoms. The van der Waals surface area contributed by atoms with E-state index in [2.05, 4.69) is 18.4 Å². The van der Waals surface area contributed by atoms with E-state index in [4.69, 9.17) is 4.74 Å². The minimum atomic E-state index is -0.418. The SMILES string of the molecule is C=C=C(C)C=C1CC(=CC(=O)OC(C)(C)C)C1. The van der Waals surface area contributed by atoms with Gasteiger partial charge in [0.25, 0.3) is 0 Å². The predicted octanol–water partition coefficient (Wildman–Crippen LogP) is 3.71. The lowest BCUT2D eigenvalue weighted by atomic mass is 9.84. The lowest BCUT2D eigenvalue weighted by Crippen LogP contribution is -2.23. The maximum absolute atomic E-state index is 11.5.